The third-order valence-electron chi connectivity index (χ3n) is 5.09. The van der Waals surface area contributed by atoms with Gasteiger partial charge in [-0.3, -0.25) is 9.36 Å². The molecule has 1 aliphatic heterocycles. The fourth-order valence-electron chi connectivity index (χ4n) is 3.57. The summed E-state index contributed by atoms with van der Waals surface area (Å²) in [5.41, 5.74) is 3.60. The van der Waals surface area contributed by atoms with E-state index in [-0.39, 0.29) is 12.2 Å². The van der Waals surface area contributed by atoms with Gasteiger partial charge in [0, 0.05) is 36.5 Å². The maximum atomic E-state index is 12.2. The van der Waals surface area contributed by atoms with E-state index in [2.05, 4.69) is 4.98 Å². The number of imidazole rings is 1. The molecule has 1 amide bonds. The van der Waals surface area contributed by atoms with Crippen LogP contribution < -0.4 is 4.90 Å². The van der Waals surface area contributed by atoms with Gasteiger partial charge in [0.15, 0.2) is 6.29 Å². The zero-order chi connectivity index (χ0) is 20.2. The second-order valence-electron chi connectivity index (χ2n) is 7.10. The van der Waals surface area contributed by atoms with Crippen molar-refractivity contribution in [3.05, 3.63) is 53.8 Å². The molecule has 6 nitrogen and oxygen atoms in total. The number of fused-ring (bicyclic) bond motifs is 1. The fourth-order valence-corrected chi connectivity index (χ4v) is 3.73. The smallest absolute Gasteiger partial charge is 0.223 e. The summed E-state index contributed by atoms with van der Waals surface area (Å²) in [4.78, 5) is 18.3. The Morgan fingerprint density at radius 1 is 1.28 bits per heavy atom. The molecule has 0 radical (unpaired) electrons. The topological polar surface area (TPSA) is 56.6 Å². The number of anilines is 1. The Kier molecular flexibility index (Phi) is 6.13. The second-order valence-corrected chi connectivity index (χ2v) is 7.54. The molecule has 1 saturated heterocycles. The average Bonchev–Trinajstić information content (AvgIpc) is 3.15. The molecule has 0 bridgehead atoms. The van der Waals surface area contributed by atoms with Gasteiger partial charge >= 0.3 is 0 Å². The average molecular weight is 414 g/mol. The second kappa shape index (κ2) is 8.95. The molecule has 29 heavy (non-hydrogen) atoms. The lowest BCUT2D eigenvalue weighted by Crippen LogP contribution is -2.34. The standard InChI is InChI=1S/C22H24ClN3O3/c1-16(27)25(11-13-29-22-4-2-3-12-28-22)18-6-8-19(9-7-18)26-15-24-20-10-5-17(23)14-21(20)26/h5-10,14-15,22H,2-4,11-13H2,1H3. The first-order chi connectivity index (χ1) is 14.1. The fraction of sp³-hybridized carbons (Fsp3) is 0.364. The Morgan fingerprint density at radius 2 is 2.10 bits per heavy atom. The van der Waals surface area contributed by atoms with Crippen LogP contribution in [0.3, 0.4) is 0 Å². The molecule has 7 heteroatoms. The van der Waals surface area contributed by atoms with Gasteiger partial charge in [-0.05, 0) is 61.7 Å². The molecule has 2 aromatic carbocycles. The van der Waals surface area contributed by atoms with E-state index in [1.165, 1.54) is 0 Å². The predicted molar refractivity (Wildman–Crippen MR) is 114 cm³/mol. The normalized spacial score (nSPS) is 16.8. The van der Waals surface area contributed by atoms with Crippen LogP contribution in [-0.2, 0) is 14.3 Å². The Morgan fingerprint density at radius 3 is 2.83 bits per heavy atom. The Balaban J connectivity index is 1.47. The number of ether oxygens (including phenoxy) is 2. The van der Waals surface area contributed by atoms with Gasteiger partial charge in [-0.2, -0.15) is 0 Å². The number of carbonyl (C=O) groups is 1. The Labute approximate surface area is 175 Å². The quantitative estimate of drug-likeness (QED) is 0.593. The number of hydrogen-bond acceptors (Lipinski definition) is 4. The van der Waals surface area contributed by atoms with E-state index in [4.69, 9.17) is 21.1 Å². The molecular weight excluding hydrogens is 390 g/mol. The van der Waals surface area contributed by atoms with E-state index < -0.39 is 0 Å². The van der Waals surface area contributed by atoms with Crippen molar-refractivity contribution in [2.75, 3.05) is 24.7 Å². The Bertz CT molecular complexity index is 981. The van der Waals surface area contributed by atoms with E-state index >= 15 is 0 Å². The highest BCUT2D eigenvalue weighted by Crippen LogP contribution is 2.24. The molecule has 1 unspecified atom stereocenters. The molecule has 1 aromatic heterocycles. The van der Waals surface area contributed by atoms with Gasteiger partial charge in [-0.1, -0.05) is 11.6 Å². The van der Waals surface area contributed by atoms with Gasteiger partial charge in [0.05, 0.1) is 17.6 Å². The SMILES string of the molecule is CC(=O)N(CCOC1CCCCO1)c1ccc(-n2cnc3ccc(Cl)cc32)cc1. The van der Waals surface area contributed by atoms with Gasteiger partial charge in [-0.25, -0.2) is 4.98 Å². The molecule has 3 aromatic rings. The molecule has 1 aliphatic rings. The van der Waals surface area contributed by atoms with E-state index in [1.54, 1.807) is 18.2 Å². The first kappa shape index (κ1) is 19.9. The van der Waals surface area contributed by atoms with Crippen molar-refractivity contribution in [2.45, 2.75) is 32.5 Å². The van der Waals surface area contributed by atoms with Crippen molar-refractivity contribution in [3.63, 3.8) is 0 Å². The zero-order valence-corrected chi connectivity index (χ0v) is 17.1. The molecule has 1 fully saturated rings. The molecule has 4 rings (SSSR count). The third-order valence-corrected chi connectivity index (χ3v) is 5.32. The van der Waals surface area contributed by atoms with Crippen LogP contribution in [0.15, 0.2) is 48.8 Å². The molecule has 152 valence electrons. The summed E-state index contributed by atoms with van der Waals surface area (Å²) >= 11 is 6.14. The van der Waals surface area contributed by atoms with Gasteiger partial charge in [0.1, 0.15) is 6.33 Å². The maximum absolute atomic E-state index is 12.2. The van der Waals surface area contributed by atoms with Gasteiger partial charge < -0.3 is 14.4 Å². The largest absolute Gasteiger partial charge is 0.353 e. The highest BCUT2D eigenvalue weighted by molar-refractivity contribution is 6.31. The zero-order valence-electron chi connectivity index (χ0n) is 16.4. The van der Waals surface area contributed by atoms with E-state index in [0.29, 0.717) is 18.2 Å². The molecule has 2 heterocycles. The van der Waals surface area contributed by atoms with Crippen molar-refractivity contribution in [3.8, 4) is 5.69 Å². The number of rotatable bonds is 6. The third kappa shape index (κ3) is 4.61. The minimum absolute atomic E-state index is 0.0224. The van der Waals surface area contributed by atoms with Crippen molar-refractivity contribution < 1.29 is 14.3 Å². The van der Waals surface area contributed by atoms with Crippen LogP contribution in [0.25, 0.3) is 16.7 Å². The maximum Gasteiger partial charge on any atom is 0.223 e. The minimum atomic E-state index is -0.152. The van der Waals surface area contributed by atoms with Crippen LogP contribution in [0.1, 0.15) is 26.2 Å². The lowest BCUT2D eigenvalue weighted by molar-refractivity contribution is -0.160. The molecule has 0 N–H and O–H groups in total. The van der Waals surface area contributed by atoms with Crippen LogP contribution in [0.5, 0.6) is 0 Å². The van der Waals surface area contributed by atoms with Crippen molar-refractivity contribution >= 4 is 34.2 Å². The number of carbonyl (C=O) groups excluding carboxylic acids is 1. The van der Waals surface area contributed by atoms with Crippen LogP contribution in [0.4, 0.5) is 5.69 Å². The number of hydrogen-bond donors (Lipinski definition) is 0. The summed E-state index contributed by atoms with van der Waals surface area (Å²) in [6.45, 7) is 3.24. The van der Waals surface area contributed by atoms with Crippen molar-refractivity contribution in [1.29, 1.82) is 0 Å². The van der Waals surface area contributed by atoms with E-state index in [1.807, 2.05) is 47.0 Å². The Hall–Kier alpha value is -2.41. The summed E-state index contributed by atoms with van der Waals surface area (Å²) in [7, 11) is 0. The molecule has 1 atom stereocenters. The number of halogens is 1. The van der Waals surface area contributed by atoms with Gasteiger partial charge in [0.25, 0.3) is 0 Å². The first-order valence-corrected chi connectivity index (χ1v) is 10.2. The summed E-state index contributed by atoms with van der Waals surface area (Å²) in [6.07, 6.45) is 4.75. The lowest BCUT2D eigenvalue weighted by Gasteiger charge is -2.25. The van der Waals surface area contributed by atoms with Crippen LogP contribution in [0, 0.1) is 0 Å². The lowest BCUT2D eigenvalue weighted by atomic mass is 10.2. The van der Waals surface area contributed by atoms with Crippen LogP contribution in [0.2, 0.25) is 5.02 Å². The van der Waals surface area contributed by atoms with E-state index in [0.717, 1.165) is 48.3 Å². The highest BCUT2D eigenvalue weighted by Gasteiger charge is 2.16. The summed E-state index contributed by atoms with van der Waals surface area (Å²) in [5, 5.41) is 0.667. The van der Waals surface area contributed by atoms with Crippen molar-refractivity contribution in [2.24, 2.45) is 0 Å². The highest BCUT2D eigenvalue weighted by atomic mass is 35.5. The summed E-state index contributed by atoms with van der Waals surface area (Å²) < 4.78 is 13.3. The summed E-state index contributed by atoms with van der Waals surface area (Å²) in [6, 6.07) is 13.4. The monoisotopic (exact) mass is 413 g/mol. The molecule has 0 saturated carbocycles. The first-order valence-electron chi connectivity index (χ1n) is 9.86. The molecular formula is C22H24ClN3O3. The summed E-state index contributed by atoms with van der Waals surface area (Å²) in [5.74, 6) is -0.0224. The minimum Gasteiger partial charge on any atom is -0.353 e. The number of amides is 1. The van der Waals surface area contributed by atoms with Gasteiger partial charge in [-0.15, -0.1) is 0 Å². The van der Waals surface area contributed by atoms with Crippen molar-refractivity contribution in [1.82, 2.24) is 9.55 Å². The predicted octanol–water partition coefficient (Wildman–Crippen LogP) is 4.58. The van der Waals surface area contributed by atoms with Crippen LogP contribution >= 0.6 is 11.6 Å². The number of aromatic nitrogens is 2. The van der Waals surface area contributed by atoms with E-state index in [9.17, 15) is 4.79 Å². The molecule has 0 spiro atoms. The number of benzene rings is 2. The van der Waals surface area contributed by atoms with Crippen LogP contribution in [-0.4, -0.2) is 41.5 Å². The molecule has 0 aliphatic carbocycles. The van der Waals surface area contributed by atoms with Gasteiger partial charge in [0.2, 0.25) is 5.91 Å². The number of nitrogens with zero attached hydrogens (tertiary/aromatic N) is 3.